The summed E-state index contributed by atoms with van der Waals surface area (Å²) in [6, 6.07) is 22.0. The molecular formula is C37H31ClF3N5O4. The number of nitrogens with one attached hydrogen (secondary N) is 4. The average molecular weight is 702 g/mol. The molecule has 0 saturated carbocycles. The van der Waals surface area contributed by atoms with Crippen LogP contribution in [0.2, 0.25) is 5.02 Å². The van der Waals surface area contributed by atoms with Crippen molar-refractivity contribution in [1.82, 2.24) is 4.57 Å². The number of para-hydroxylation sites is 2. The fourth-order valence-electron chi connectivity index (χ4n) is 6.52. The van der Waals surface area contributed by atoms with Crippen LogP contribution < -0.4 is 26.0 Å². The van der Waals surface area contributed by atoms with Crippen LogP contribution in [-0.4, -0.2) is 34.4 Å². The minimum atomic E-state index is -4.57. The van der Waals surface area contributed by atoms with Gasteiger partial charge in [0.05, 0.1) is 40.3 Å². The van der Waals surface area contributed by atoms with Gasteiger partial charge in [-0.05, 0) is 73.5 Å². The predicted molar refractivity (Wildman–Crippen MR) is 187 cm³/mol. The second kappa shape index (κ2) is 13.1. The zero-order valence-electron chi connectivity index (χ0n) is 26.7. The summed E-state index contributed by atoms with van der Waals surface area (Å²) >= 11 is 6.27. The monoisotopic (exact) mass is 701 g/mol. The molecule has 2 aliphatic heterocycles. The van der Waals surface area contributed by atoms with Crippen molar-refractivity contribution in [1.29, 1.82) is 0 Å². The highest BCUT2D eigenvalue weighted by Gasteiger charge is 2.32. The lowest BCUT2D eigenvalue weighted by molar-refractivity contribution is -0.137. The van der Waals surface area contributed by atoms with Gasteiger partial charge in [0.1, 0.15) is 6.10 Å². The largest absolute Gasteiger partial charge is 0.487 e. The maximum atomic E-state index is 13.4. The Balaban J connectivity index is 1.11. The van der Waals surface area contributed by atoms with Crippen molar-refractivity contribution in [3.8, 4) is 17.0 Å². The first-order valence-corrected chi connectivity index (χ1v) is 16.3. The van der Waals surface area contributed by atoms with Gasteiger partial charge < -0.3 is 30.6 Å². The molecule has 13 heteroatoms. The maximum Gasteiger partial charge on any atom is 0.416 e. The number of aromatic nitrogens is 1. The number of hydrogen-bond acceptors (Lipinski definition) is 5. The Morgan fingerprint density at radius 2 is 1.66 bits per heavy atom. The van der Waals surface area contributed by atoms with Crippen LogP contribution in [0.1, 0.15) is 41.6 Å². The third-order valence-electron chi connectivity index (χ3n) is 8.92. The van der Waals surface area contributed by atoms with Crippen molar-refractivity contribution in [3.05, 3.63) is 101 Å². The van der Waals surface area contributed by atoms with Crippen molar-refractivity contribution >= 4 is 63.0 Å². The van der Waals surface area contributed by atoms with E-state index in [4.69, 9.17) is 16.3 Å². The Kier molecular flexibility index (Phi) is 8.65. The first kappa shape index (κ1) is 33.0. The zero-order chi connectivity index (χ0) is 35.2. The Morgan fingerprint density at radius 3 is 2.48 bits per heavy atom. The first-order chi connectivity index (χ1) is 23.9. The molecule has 0 saturated heterocycles. The smallest absolute Gasteiger partial charge is 0.416 e. The molecule has 5 aromatic rings. The lowest BCUT2D eigenvalue weighted by Gasteiger charge is -2.23. The number of carbonyl (C=O) groups excluding carboxylic acids is 3. The van der Waals surface area contributed by atoms with E-state index >= 15 is 0 Å². The Morgan fingerprint density at radius 1 is 0.920 bits per heavy atom. The van der Waals surface area contributed by atoms with Crippen LogP contribution in [-0.2, 0) is 22.8 Å². The minimum Gasteiger partial charge on any atom is -0.487 e. The summed E-state index contributed by atoms with van der Waals surface area (Å²) in [5.74, 6) is -0.599. The van der Waals surface area contributed by atoms with Gasteiger partial charge in [-0.1, -0.05) is 35.9 Å². The number of rotatable bonds is 6. The van der Waals surface area contributed by atoms with Gasteiger partial charge in [0.2, 0.25) is 11.8 Å². The van der Waals surface area contributed by atoms with Crippen LogP contribution in [0.4, 0.5) is 35.9 Å². The molecular weight excluding hydrogens is 671 g/mol. The molecule has 1 aromatic heterocycles. The summed E-state index contributed by atoms with van der Waals surface area (Å²) in [7, 11) is 1.94. The molecule has 3 heterocycles. The molecule has 2 atom stereocenters. The van der Waals surface area contributed by atoms with E-state index in [0.29, 0.717) is 40.7 Å². The number of amides is 3. The van der Waals surface area contributed by atoms with E-state index in [9.17, 15) is 27.6 Å². The number of alkyl halides is 3. The molecule has 256 valence electrons. The third kappa shape index (κ3) is 6.71. The van der Waals surface area contributed by atoms with E-state index in [1.165, 1.54) is 18.2 Å². The standard InChI is InChI=1S/C37H31ClF3N5O4/c1-46-30-17-22(38)12-11-20(30)15-31(46)26-7-3-10-29-35(26)50-25(19-33(48)45-29)14-13-24-18-32(47)44-28-9-4-8-27(34(28)42-24)36(49)43-23-6-2-5-21(16-23)37(39,40)41/h2-12,15-17,24-25,42H,13-14,18-19H2,1H3,(H,43,49)(H,44,47)(H,45,48)/t24?,25-/m1/s1. The highest BCUT2D eigenvalue weighted by Crippen LogP contribution is 2.42. The van der Waals surface area contributed by atoms with Crippen molar-refractivity contribution < 1.29 is 32.3 Å². The van der Waals surface area contributed by atoms with Gasteiger partial charge in [0.25, 0.3) is 5.91 Å². The molecule has 9 nitrogen and oxygen atoms in total. The Labute approximate surface area is 289 Å². The third-order valence-corrected chi connectivity index (χ3v) is 9.15. The van der Waals surface area contributed by atoms with Crippen LogP contribution >= 0.6 is 11.6 Å². The van der Waals surface area contributed by atoms with Gasteiger partial charge in [-0.3, -0.25) is 14.4 Å². The number of anilines is 4. The van der Waals surface area contributed by atoms with E-state index in [1.54, 1.807) is 18.2 Å². The summed E-state index contributed by atoms with van der Waals surface area (Å²) in [4.78, 5) is 39.3. The molecule has 0 radical (unpaired) electrons. The fraction of sp³-hybridized carbons (Fsp3) is 0.216. The summed E-state index contributed by atoms with van der Waals surface area (Å²) in [5.41, 5.74) is 3.12. The number of nitrogens with zero attached hydrogens (tertiary/aromatic N) is 1. The summed E-state index contributed by atoms with van der Waals surface area (Å²) in [5, 5.41) is 13.3. The van der Waals surface area contributed by atoms with Crippen LogP contribution in [0.25, 0.3) is 22.2 Å². The molecule has 0 fully saturated rings. The lowest BCUT2D eigenvalue weighted by Crippen LogP contribution is -2.28. The maximum absolute atomic E-state index is 13.4. The van der Waals surface area contributed by atoms with E-state index in [1.807, 2.05) is 48.0 Å². The average Bonchev–Trinajstić information content (AvgIpc) is 3.18. The number of ether oxygens (including phenoxy) is 1. The molecule has 4 N–H and O–H groups in total. The van der Waals surface area contributed by atoms with Gasteiger partial charge in [0.15, 0.2) is 5.75 Å². The highest BCUT2D eigenvalue weighted by molar-refractivity contribution is 6.31. The van der Waals surface area contributed by atoms with Gasteiger partial charge in [0, 0.05) is 46.7 Å². The van der Waals surface area contributed by atoms with Gasteiger partial charge >= 0.3 is 6.18 Å². The fourth-order valence-corrected chi connectivity index (χ4v) is 6.68. The summed E-state index contributed by atoms with van der Waals surface area (Å²) in [6.07, 6.45) is -4.15. The zero-order valence-corrected chi connectivity index (χ0v) is 27.4. The van der Waals surface area contributed by atoms with E-state index in [-0.39, 0.29) is 35.9 Å². The molecule has 2 aliphatic rings. The Hall–Kier alpha value is -5.49. The molecule has 3 amide bonds. The molecule has 50 heavy (non-hydrogen) atoms. The molecule has 4 aromatic carbocycles. The van der Waals surface area contributed by atoms with Crippen molar-refractivity contribution in [2.45, 2.75) is 44.0 Å². The van der Waals surface area contributed by atoms with Crippen LogP contribution in [0.15, 0.2) is 84.9 Å². The van der Waals surface area contributed by atoms with Crippen molar-refractivity contribution in [2.75, 3.05) is 21.3 Å². The molecule has 0 bridgehead atoms. The van der Waals surface area contributed by atoms with E-state index in [2.05, 4.69) is 21.3 Å². The highest BCUT2D eigenvalue weighted by atomic mass is 35.5. The second-order valence-corrected chi connectivity index (χ2v) is 12.8. The summed E-state index contributed by atoms with van der Waals surface area (Å²) in [6.45, 7) is 0. The number of aryl methyl sites for hydroxylation is 1. The molecule has 1 unspecified atom stereocenters. The SMILES string of the molecule is Cn1c(-c2cccc3c2O[C@H](CCC2CC(=O)Nc4cccc(C(=O)Nc5cccc(C(F)(F)F)c5)c4N2)CC(=O)N3)cc2ccc(Cl)cc21. The van der Waals surface area contributed by atoms with Crippen LogP contribution in [0, 0.1) is 0 Å². The van der Waals surface area contributed by atoms with E-state index < -0.39 is 29.8 Å². The minimum absolute atomic E-state index is 0.0210. The van der Waals surface area contributed by atoms with Crippen molar-refractivity contribution in [2.24, 2.45) is 7.05 Å². The number of carbonyl (C=O) groups is 3. The van der Waals surface area contributed by atoms with Crippen LogP contribution in [0.3, 0.4) is 0 Å². The molecule has 0 aliphatic carbocycles. The summed E-state index contributed by atoms with van der Waals surface area (Å²) < 4.78 is 48.4. The Bertz CT molecular complexity index is 2170. The van der Waals surface area contributed by atoms with Gasteiger partial charge in [-0.15, -0.1) is 0 Å². The van der Waals surface area contributed by atoms with Gasteiger partial charge in [-0.2, -0.15) is 13.2 Å². The number of halogens is 4. The number of hydrogen-bond donors (Lipinski definition) is 4. The van der Waals surface area contributed by atoms with Gasteiger partial charge in [-0.25, -0.2) is 0 Å². The van der Waals surface area contributed by atoms with Crippen LogP contribution in [0.5, 0.6) is 5.75 Å². The number of fused-ring (bicyclic) bond motifs is 3. The quantitative estimate of drug-likeness (QED) is 0.142. The first-order valence-electron chi connectivity index (χ1n) is 16.0. The molecule has 0 spiro atoms. The molecule has 7 rings (SSSR count). The predicted octanol–water partition coefficient (Wildman–Crippen LogP) is 8.46. The second-order valence-electron chi connectivity index (χ2n) is 12.4. The van der Waals surface area contributed by atoms with E-state index in [0.717, 1.165) is 34.3 Å². The lowest BCUT2D eigenvalue weighted by atomic mass is 10.0. The van der Waals surface area contributed by atoms with Crippen molar-refractivity contribution in [3.63, 3.8) is 0 Å². The normalized spacial score (nSPS) is 17.3. The topological polar surface area (TPSA) is 113 Å². The number of benzene rings is 4.